The van der Waals surface area contributed by atoms with Gasteiger partial charge in [-0.15, -0.1) is 6.42 Å². The quantitative estimate of drug-likeness (QED) is 0.680. The van der Waals surface area contributed by atoms with Crippen LogP contribution in [0.2, 0.25) is 0 Å². The van der Waals surface area contributed by atoms with Crippen LogP contribution in [0.25, 0.3) is 0 Å². The van der Waals surface area contributed by atoms with Crippen LogP contribution in [0.3, 0.4) is 0 Å². The van der Waals surface area contributed by atoms with Crippen molar-refractivity contribution in [3.63, 3.8) is 0 Å². The number of nitrogens with zero attached hydrogens (tertiary/aromatic N) is 1. The molecule has 0 saturated heterocycles. The van der Waals surface area contributed by atoms with Gasteiger partial charge >= 0.3 is 12.0 Å². The fraction of sp³-hybridized carbons (Fsp3) is 0.636. The number of aliphatic carboxylic acids is 1. The summed E-state index contributed by atoms with van der Waals surface area (Å²) in [6.45, 7) is 3.80. The molecular formula is C11H18N2O3. The molecule has 0 aromatic rings. The van der Waals surface area contributed by atoms with Gasteiger partial charge in [-0.25, -0.2) is 9.59 Å². The second-order valence-corrected chi connectivity index (χ2v) is 3.71. The Balaban J connectivity index is 4.47. The van der Waals surface area contributed by atoms with Crippen LogP contribution in [0.1, 0.15) is 20.3 Å². The topological polar surface area (TPSA) is 69.6 Å². The van der Waals surface area contributed by atoms with Crippen LogP contribution >= 0.6 is 0 Å². The molecule has 0 radical (unpaired) electrons. The largest absolute Gasteiger partial charge is 0.480 e. The molecule has 0 heterocycles. The molecule has 0 saturated carbocycles. The molecule has 5 heteroatoms. The molecule has 0 aliphatic heterocycles. The molecule has 0 aromatic carbocycles. The van der Waals surface area contributed by atoms with E-state index in [0.29, 0.717) is 6.42 Å². The Morgan fingerprint density at radius 3 is 2.50 bits per heavy atom. The maximum Gasteiger partial charge on any atom is 0.326 e. The van der Waals surface area contributed by atoms with Crippen LogP contribution in [-0.4, -0.2) is 41.6 Å². The monoisotopic (exact) mass is 226 g/mol. The molecular weight excluding hydrogens is 208 g/mol. The summed E-state index contributed by atoms with van der Waals surface area (Å²) in [6.07, 6.45) is 5.73. The first-order valence-electron chi connectivity index (χ1n) is 5.11. The number of nitrogens with one attached hydrogen (secondary N) is 1. The lowest BCUT2D eigenvalue weighted by atomic mass is 9.99. The number of urea groups is 1. The van der Waals surface area contributed by atoms with Gasteiger partial charge in [-0.3, -0.25) is 0 Å². The van der Waals surface area contributed by atoms with Crippen molar-refractivity contribution in [2.45, 2.75) is 26.3 Å². The normalized spacial score (nSPS) is 13.4. The fourth-order valence-corrected chi connectivity index (χ4v) is 1.14. The van der Waals surface area contributed by atoms with Gasteiger partial charge < -0.3 is 15.3 Å². The molecule has 0 aliphatic carbocycles. The number of carboxylic acid groups (broad SMARTS) is 1. The minimum atomic E-state index is -1.03. The number of rotatable bonds is 5. The third kappa shape index (κ3) is 4.22. The maximum atomic E-state index is 11.5. The van der Waals surface area contributed by atoms with Crippen LogP contribution < -0.4 is 5.32 Å². The van der Waals surface area contributed by atoms with Crippen LogP contribution in [0, 0.1) is 18.3 Å². The summed E-state index contributed by atoms with van der Waals surface area (Å²) in [4.78, 5) is 23.7. The number of carbonyl (C=O) groups is 2. The smallest absolute Gasteiger partial charge is 0.326 e. The lowest BCUT2D eigenvalue weighted by molar-refractivity contribution is -0.140. The summed E-state index contributed by atoms with van der Waals surface area (Å²) in [5.74, 6) is 1.16. The van der Waals surface area contributed by atoms with Crippen LogP contribution in [0.15, 0.2) is 0 Å². The Kier molecular flexibility index (Phi) is 6.01. The predicted octanol–water partition coefficient (Wildman–Crippen LogP) is 0.760. The zero-order valence-electron chi connectivity index (χ0n) is 9.86. The molecule has 0 fully saturated rings. The number of hydrogen-bond donors (Lipinski definition) is 2. The highest BCUT2D eigenvalue weighted by molar-refractivity contribution is 5.82. The van der Waals surface area contributed by atoms with E-state index in [1.807, 2.05) is 6.92 Å². The second kappa shape index (κ2) is 6.72. The summed E-state index contributed by atoms with van der Waals surface area (Å²) >= 11 is 0. The van der Waals surface area contributed by atoms with Gasteiger partial charge in [0.15, 0.2) is 0 Å². The van der Waals surface area contributed by atoms with Gasteiger partial charge in [0.25, 0.3) is 0 Å². The number of terminal acetylenes is 1. The van der Waals surface area contributed by atoms with Gasteiger partial charge in [0.2, 0.25) is 0 Å². The van der Waals surface area contributed by atoms with Gasteiger partial charge in [0, 0.05) is 7.05 Å². The number of carboxylic acids is 1. The summed E-state index contributed by atoms with van der Waals surface area (Å²) in [5, 5.41) is 11.4. The molecule has 5 nitrogen and oxygen atoms in total. The third-order valence-corrected chi connectivity index (χ3v) is 2.43. The number of hydrogen-bond acceptors (Lipinski definition) is 2. The minimum Gasteiger partial charge on any atom is -0.480 e. The highest BCUT2D eigenvalue weighted by atomic mass is 16.4. The van der Waals surface area contributed by atoms with Gasteiger partial charge in [-0.2, -0.15) is 0 Å². The molecule has 0 aliphatic rings. The average molecular weight is 226 g/mol. The first-order chi connectivity index (χ1) is 7.43. The first kappa shape index (κ1) is 14.3. The zero-order valence-corrected chi connectivity index (χ0v) is 9.86. The lowest BCUT2D eigenvalue weighted by Crippen LogP contribution is -2.49. The Morgan fingerprint density at radius 1 is 1.56 bits per heavy atom. The van der Waals surface area contributed by atoms with E-state index in [0.717, 1.165) is 0 Å². The van der Waals surface area contributed by atoms with E-state index in [1.54, 1.807) is 6.92 Å². The minimum absolute atomic E-state index is 0.124. The van der Waals surface area contributed by atoms with Crippen LogP contribution in [0.5, 0.6) is 0 Å². The van der Waals surface area contributed by atoms with E-state index in [1.165, 1.54) is 11.9 Å². The molecule has 2 atom stereocenters. The van der Waals surface area contributed by atoms with Crippen molar-refractivity contribution >= 4 is 12.0 Å². The average Bonchev–Trinajstić information content (AvgIpc) is 2.24. The molecule has 0 aromatic heterocycles. The molecule has 0 rings (SSSR count). The Bertz CT molecular complexity index is 296. The zero-order chi connectivity index (χ0) is 12.7. The Hall–Kier alpha value is -1.70. The molecule has 2 amide bonds. The Labute approximate surface area is 95.8 Å². The van der Waals surface area contributed by atoms with Crippen molar-refractivity contribution in [3.8, 4) is 12.3 Å². The van der Waals surface area contributed by atoms with E-state index in [2.05, 4.69) is 11.2 Å². The van der Waals surface area contributed by atoms with Gasteiger partial charge in [-0.05, 0) is 5.92 Å². The summed E-state index contributed by atoms with van der Waals surface area (Å²) < 4.78 is 0. The van der Waals surface area contributed by atoms with Crippen molar-refractivity contribution in [1.82, 2.24) is 10.2 Å². The first-order valence-corrected chi connectivity index (χ1v) is 5.11. The number of amides is 2. The molecule has 90 valence electrons. The predicted molar refractivity (Wildman–Crippen MR) is 60.9 cm³/mol. The Morgan fingerprint density at radius 2 is 2.12 bits per heavy atom. The summed E-state index contributed by atoms with van der Waals surface area (Å²) in [5.41, 5.74) is 0. The molecule has 16 heavy (non-hydrogen) atoms. The lowest BCUT2D eigenvalue weighted by Gasteiger charge is -2.23. The van der Waals surface area contributed by atoms with E-state index in [9.17, 15) is 9.59 Å². The van der Waals surface area contributed by atoms with Crippen LogP contribution in [0.4, 0.5) is 4.79 Å². The van der Waals surface area contributed by atoms with Crippen molar-refractivity contribution in [3.05, 3.63) is 0 Å². The van der Waals surface area contributed by atoms with Gasteiger partial charge in [0.1, 0.15) is 6.04 Å². The van der Waals surface area contributed by atoms with Gasteiger partial charge in [0.05, 0.1) is 6.54 Å². The maximum absolute atomic E-state index is 11.5. The van der Waals surface area contributed by atoms with E-state index < -0.39 is 18.0 Å². The molecule has 2 N–H and O–H groups in total. The molecule has 0 spiro atoms. The van der Waals surface area contributed by atoms with E-state index in [4.69, 9.17) is 11.5 Å². The number of carbonyl (C=O) groups excluding carboxylic acids is 1. The standard InChI is InChI=1S/C11H18N2O3/c1-5-7-13(4)11(16)12-9(10(14)15)8(3)6-2/h1,8-9H,6-7H2,2-4H3,(H,12,16)(H,14,15). The molecule has 0 bridgehead atoms. The van der Waals surface area contributed by atoms with E-state index >= 15 is 0 Å². The summed E-state index contributed by atoms with van der Waals surface area (Å²) in [7, 11) is 1.52. The van der Waals surface area contributed by atoms with Crippen molar-refractivity contribution in [2.75, 3.05) is 13.6 Å². The van der Waals surface area contributed by atoms with Crippen molar-refractivity contribution < 1.29 is 14.7 Å². The highest BCUT2D eigenvalue weighted by Gasteiger charge is 2.26. The van der Waals surface area contributed by atoms with Crippen molar-refractivity contribution in [2.24, 2.45) is 5.92 Å². The van der Waals surface area contributed by atoms with E-state index in [-0.39, 0.29) is 12.5 Å². The summed E-state index contributed by atoms with van der Waals surface area (Å²) in [6, 6.07) is -1.34. The molecule has 2 unspecified atom stereocenters. The second-order valence-electron chi connectivity index (χ2n) is 3.71. The van der Waals surface area contributed by atoms with Gasteiger partial charge in [-0.1, -0.05) is 26.2 Å². The SMILES string of the molecule is C#CCN(C)C(=O)NC(C(=O)O)C(C)CC. The van der Waals surface area contributed by atoms with Crippen LogP contribution in [-0.2, 0) is 4.79 Å². The highest BCUT2D eigenvalue weighted by Crippen LogP contribution is 2.08. The van der Waals surface area contributed by atoms with Crippen molar-refractivity contribution in [1.29, 1.82) is 0 Å². The fourth-order valence-electron chi connectivity index (χ4n) is 1.14. The third-order valence-electron chi connectivity index (χ3n) is 2.43.